The van der Waals surface area contributed by atoms with Crippen molar-refractivity contribution < 1.29 is 13.2 Å². The van der Waals surface area contributed by atoms with Crippen molar-refractivity contribution in [2.75, 3.05) is 0 Å². The van der Waals surface area contributed by atoms with E-state index in [4.69, 9.17) is 0 Å². The van der Waals surface area contributed by atoms with Crippen LogP contribution in [0.25, 0.3) is 21.9 Å². The number of halogens is 3. The van der Waals surface area contributed by atoms with Crippen LogP contribution >= 0.6 is 0 Å². The predicted molar refractivity (Wildman–Crippen MR) is 87.8 cm³/mol. The molecule has 0 radical (unpaired) electrons. The molecule has 0 N–H and O–H groups in total. The highest BCUT2D eigenvalue weighted by Crippen LogP contribution is 2.28. The first kappa shape index (κ1) is 15.3. The fourth-order valence-electron chi connectivity index (χ4n) is 2.57. The average Bonchev–Trinajstić information content (AvgIpc) is 2.58. The van der Waals surface area contributed by atoms with Crippen LogP contribution in [-0.4, -0.2) is 0 Å². The van der Waals surface area contributed by atoms with E-state index in [-0.39, 0.29) is 5.39 Å². The van der Waals surface area contributed by atoms with Crippen molar-refractivity contribution in [1.29, 1.82) is 0 Å². The zero-order valence-corrected chi connectivity index (χ0v) is 12.6. The smallest absolute Gasteiger partial charge is 0.195 e. The van der Waals surface area contributed by atoms with E-state index in [0.717, 1.165) is 23.6 Å². The molecule has 0 nitrogen and oxygen atoms in total. The first-order valence-electron chi connectivity index (χ1n) is 7.38. The molecule has 0 bridgehead atoms. The highest BCUT2D eigenvalue weighted by molar-refractivity contribution is 5.88. The number of hydrogen-bond donors (Lipinski definition) is 0. The van der Waals surface area contributed by atoms with Crippen LogP contribution < -0.4 is 0 Å². The van der Waals surface area contributed by atoms with Gasteiger partial charge in [-0.2, -0.15) is 0 Å². The van der Waals surface area contributed by atoms with Gasteiger partial charge in [0.25, 0.3) is 0 Å². The molecule has 0 atom stereocenters. The third kappa shape index (κ3) is 3.00. The van der Waals surface area contributed by atoms with E-state index in [1.165, 1.54) is 11.6 Å². The number of benzene rings is 3. The molecule has 0 spiro atoms. The molecule has 0 saturated heterocycles. The molecule has 0 saturated carbocycles. The summed E-state index contributed by atoms with van der Waals surface area (Å²) in [5, 5.41) is 0.425. The fourth-order valence-corrected chi connectivity index (χ4v) is 2.57. The predicted octanol–water partition coefficient (Wildman–Crippen LogP) is 6.04. The van der Waals surface area contributed by atoms with Crippen LogP contribution in [0.4, 0.5) is 13.2 Å². The van der Waals surface area contributed by atoms with Crippen LogP contribution in [0.2, 0.25) is 0 Å². The monoisotopic (exact) mass is 312 g/mol. The SMILES string of the molecule is CC=CCc1ccc(-c2ccc3c(F)c(F)c(F)cc3c2)cc1. The summed E-state index contributed by atoms with van der Waals surface area (Å²) in [5.74, 6) is -3.75. The Hall–Kier alpha value is -2.55. The van der Waals surface area contributed by atoms with Crippen LogP contribution in [0, 0.1) is 17.5 Å². The fraction of sp³-hybridized carbons (Fsp3) is 0.100. The minimum atomic E-state index is -1.43. The van der Waals surface area contributed by atoms with E-state index in [1.807, 2.05) is 37.3 Å². The van der Waals surface area contributed by atoms with E-state index in [1.54, 1.807) is 12.1 Å². The Morgan fingerprint density at radius 2 is 1.52 bits per heavy atom. The van der Waals surface area contributed by atoms with E-state index in [9.17, 15) is 13.2 Å². The lowest BCUT2D eigenvalue weighted by Gasteiger charge is -2.07. The average molecular weight is 312 g/mol. The molecule has 3 aromatic carbocycles. The highest BCUT2D eigenvalue weighted by Gasteiger charge is 2.13. The van der Waals surface area contributed by atoms with Gasteiger partial charge in [-0.15, -0.1) is 0 Å². The van der Waals surface area contributed by atoms with Gasteiger partial charge in [0.1, 0.15) is 0 Å². The second kappa shape index (κ2) is 6.29. The van der Waals surface area contributed by atoms with E-state index >= 15 is 0 Å². The Kier molecular flexibility index (Phi) is 4.20. The molecule has 0 aliphatic rings. The molecule has 3 heteroatoms. The van der Waals surface area contributed by atoms with Crippen molar-refractivity contribution >= 4 is 10.8 Å². The third-order valence-corrected chi connectivity index (χ3v) is 3.85. The topological polar surface area (TPSA) is 0 Å². The summed E-state index contributed by atoms with van der Waals surface area (Å²) in [5.41, 5.74) is 2.97. The second-order valence-corrected chi connectivity index (χ2v) is 5.39. The quantitative estimate of drug-likeness (QED) is 0.408. The lowest BCUT2D eigenvalue weighted by Crippen LogP contribution is -1.92. The maximum Gasteiger partial charge on any atom is 0.195 e. The van der Waals surface area contributed by atoms with Gasteiger partial charge in [-0.25, -0.2) is 13.2 Å². The van der Waals surface area contributed by atoms with Gasteiger partial charge in [0.05, 0.1) is 0 Å². The van der Waals surface area contributed by atoms with Gasteiger partial charge in [-0.1, -0.05) is 48.6 Å². The van der Waals surface area contributed by atoms with Crippen LogP contribution in [0.15, 0.2) is 60.7 Å². The lowest BCUT2D eigenvalue weighted by molar-refractivity contribution is 0.453. The zero-order chi connectivity index (χ0) is 16.4. The van der Waals surface area contributed by atoms with E-state index < -0.39 is 17.5 Å². The number of rotatable bonds is 3. The van der Waals surface area contributed by atoms with Crippen molar-refractivity contribution in [3.05, 3.63) is 83.7 Å². The van der Waals surface area contributed by atoms with Gasteiger partial charge in [0.15, 0.2) is 17.5 Å². The first-order valence-corrected chi connectivity index (χ1v) is 7.38. The molecular weight excluding hydrogens is 297 g/mol. The molecule has 0 fully saturated rings. The zero-order valence-electron chi connectivity index (χ0n) is 12.6. The molecule has 0 amide bonds. The van der Waals surface area contributed by atoms with E-state index in [2.05, 4.69) is 6.08 Å². The summed E-state index contributed by atoms with van der Waals surface area (Å²) in [6.07, 6.45) is 4.94. The molecule has 23 heavy (non-hydrogen) atoms. The van der Waals surface area contributed by atoms with Gasteiger partial charge in [-0.3, -0.25) is 0 Å². The van der Waals surface area contributed by atoms with Crippen molar-refractivity contribution in [3.63, 3.8) is 0 Å². The molecule has 116 valence electrons. The molecule has 3 rings (SSSR count). The van der Waals surface area contributed by atoms with Crippen LogP contribution in [-0.2, 0) is 6.42 Å². The normalized spacial score (nSPS) is 11.5. The number of fused-ring (bicyclic) bond motifs is 1. The molecule has 0 aliphatic carbocycles. The van der Waals surface area contributed by atoms with Gasteiger partial charge in [0, 0.05) is 5.39 Å². The molecule has 3 aromatic rings. The molecular formula is C20H15F3. The maximum atomic E-state index is 13.7. The van der Waals surface area contributed by atoms with Crippen molar-refractivity contribution in [2.45, 2.75) is 13.3 Å². The minimum absolute atomic E-state index is 0.0809. The Balaban J connectivity index is 2.02. The Morgan fingerprint density at radius 1 is 0.826 bits per heavy atom. The largest absolute Gasteiger partial charge is 0.204 e. The van der Waals surface area contributed by atoms with Crippen LogP contribution in [0.3, 0.4) is 0 Å². The number of allylic oxidation sites excluding steroid dienone is 2. The molecule has 0 unspecified atom stereocenters. The maximum absolute atomic E-state index is 13.7. The first-order chi connectivity index (χ1) is 11.1. The minimum Gasteiger partial charge on any atom is -0.204 e. The summed E-state index contributed by atoms with van der Waals surface area (Å²) in [6, 6.07) is 13.9. The lowest BCUT2D eigenvalue weighted by atomic mass is 9.99. The van der Waals surface area contributed by atoms with Crippen LogP contribution in [0.1, 0.15) is 12.5 Å². The third-order valence-electron chi connectivity index (χ3n) is 3.85. The summed E-state index contributed by atoms with van der Waals surface area (Å²) >= 11 is 0. The van der Waals surface area contributed by atoms with Gasteiger partial charge < -0.3 is 0 Å². The highest BCUT2D eigenvalue weighted by atomic mass is 19.2. The second-order valence-electron chi connectivity index (χ2n) is 5.39. The van der Waals surface area contributed by atoms with Crippen molar-refractivity contribution in [3.8, 4) is 11.1 Å². The van der Waals surface area contributed by atoms with Gasteiger partial charge in [0.2, 0.25) is 0 Å². The van der Waals surface area contributed by atoms with E-state index in [0.29, 0.717) is 5.39 Å². The Bertz CT molecular complexity index is 878. The summed E-state index contributed by atoms with van der Waals surface area (Å²) in [6.45, 7) is 1.98. The van der Waals surface area contributed by atoms with Crippen LogP contribution in [0.5, 0.6) is 0 Å². The van der Waals surface area contributed by atoms with Crippen molar-refractivity contribution in [2.24, 2.45) is 0 Å². The Labute approximate surface area is 132 Å². The van der Waals surface area contributed by atoms with Gasteiger partial charge in [-0.05, 0) is 47.6 Å². The molecule has 0 heterocycles. The van der Waals surface area contributed by atoms with Gasteiger partial charge >= 0.3 is 0 Å². The summed E-state index contributed by atoms with van der Waals surface area (Å²) < 4.78 is 40.4. The number of hydrogen-bond acceptors (Lipinski definition) is 0. The van der Waals surface area contributed by atoms with Crippen molar-refractivity contribution in [1.82, 2.24) is 0 Å². The summed E-state index contributed by atoms with van der Waals surface area (Å²) in [4.78, 5) is 0. The standard InChI is InChI=1S/C20H15F3/c1-2-3-4-13-5-7-14(8-6-13)15-9-10-17-16(11-15)12-18(21)20(23)19(17)22/h2-3,5-12H,4H2,1H3. The molecule has 0 aromatic heterocycles. The summed E-state index contributed by atoms with van der Waals surface area (Å²) in [7, 11) is 0. The Morgan fingerprint density at radius 3 is 2.22 bits per heavy atom. The molecule has 0 aliphatic heterocycles.